The van der Waals surface area contributed by atoms with Gasteiger partial charge in [0, 0.05) is 19.3 Å². The maximum atomic E-state index is 5.26. The van der Waals surface area contributed by atoms with E-state index in [0.717, 1.165) is 24.6 Å². The molecule has 0 saturated carbocycles. The summed E-state index contributed by atoms with van der Waals surface area (Å²) in [6, 6.07) is 8.25. The Balaban J connectivity index is 2.43. The summed E-state index contributed by atoms with van der Waals surface area (Å²) < 4.78 is 2.70. The van der Waals surface area contributed by atoms with Gasteiger partial charge in [0.2, 0.25) is 5.95 Å². The highest BCUT2D eigenvalue weighted by Gasteiger charge is 2.13. The van der Waals surface area contributed by atoms with E-state index in [1.807, 2.05) is 23.7 Å². The minimum absolute atomic E-state index is 0.673. The highest BCUT2D eigenvalue weighted by Crippen LogP contribution is 2.25. The highest BCUT2D eigenvalue weighted by atomic mass is 32.1. The van der Waals surface area contributed by atoms with Crippen molar-refractivity contribution in [1.29, 1.82) is 0 Å². The Kier molecular flexibility index (Phi) is 3.81. The lowest BCUT2D eigenvalue weighted by Gasteiger charge is -2.20. The number of hydrogen-bond donors (Lipinski definition) is 1. The zero-order chi connectivity index (χ0) is 13.1. The molecule has 0 atom stereocenters. The first kappa shape index (κ1) is 12.8. The van der Waals surface area contributed by atoms with Gasteiger partial charge < -0.3 is 4.90 Å². The van der Waals surface area contributed by atoms with E-state index in [-0.39, 0.29) is 0 Å². The van der Waals surface area contributed by atoms with Gasteiger partial charge in [0.1, 0.15) is 0 Å². The molecule has 1 N–H and O–H groups in total. The molecule has 0 amide bonds. The normalized spacial score (nSPS) is 10.6. The second kappa shape index (κ2) is 5.35. The minimum Gasteiger partial charge on any atom is -0.313 e. The maximum absolute atomic E-state index is 5.26. The van der Waals surface area contributed by atoms with Gasteiger partial charge in [-0.05, 0) is 37.2 Å². The molecule has 2 rings (SSSR count). The predicted octanol–water partition coefficient (Wildman–Crippen LogP) is 3.43. The molecule has 1 heterocycles. The fourth-order valence-corrected chi connectivity index (χ4v) is 2.26. The van der Waals surface area contributed by atoms with Crippen LogP contribution < -0.4 is 4.90 Å². The number of nitrogens with one attached hydrogen (secondary N) is 1. The molecule has 0 aliphatic heterocycles. The molecular formula is C13H18N4S. The van der Waals surface area contributed by atoms with Crippen molar-refractivity contribution in [3.8, 4) is 0 Å². The van der Waals surface area contributed by atoms with Crippen LogP contribution in [0.4, 0.5) is 11.6 Å². The summed E-state index contributed by atoms with van der Waals surface area (Å²) in [6.45, 7) is 5.10. The minimum atomic E-state index is 0.673. The van der Waals surface area contributed by atoms with Crippen molar-refractivity contribution in [3.05, 3.63) is 34.6 Å². The van der Waals surface area contributed by atoms with Crippen LogP contribution in [0.3, 0.4) is 0 Å². The van der Waals surface area contributed by atoms with E-state index < -0.39 is 0 Å². The van der Waals surface area contributed by atoms with Crippen LogP contribution in [0.5, 0.6) is 0 Å². The molecule has 18 heavy (non-hydrogen) atoms. The van der Waals surface area contributed by atoms with Gasteiger partial charge in [0.05, 0.1) is 0 Å². The Morgan fingerprint density at radius 3 is 2.78 bits per heavy atom. The molecule has 0 fully saturated rings. The van der Waals surface area contributed by atoms with Gasteiger partial charge in [0.15, 0.2) is 4.77 Å². The molecule has 2 aromatic rings. The van der Waals surface area contributed by atoms with E-state index in [2.05, 4.69) is 41.1 Å². The third-order valence-electron chi connectivity index (χ3n) is 2.96. The van der Waals surface area contributed by atoms with Crippen LogP contribution in [0.25, 0.3) is 0 Å². The Bertz CT molecular complexity index is 585. The Morgan fingerprint density at radius 1 is 1.39 bits per heavy atom. The number of hydrogen-bond acceptors (Lipinski definition) is 3. The number of para-hydroxylation sites is 1. The number of aromatic amines is 1. The van der Waals surface area contributed by atoms with E-state index in [1.165, 1.54) is 5.56 Å². The van der Waals surface area contributed by atoms with Gasteiger partial charge in [-0.15, -0.1) is 5.10 Å². The predicted molar refractivity (Wildman–Crippen MR) is 76.9 cm³/mol. The summed E-state index contributed by atoms with van der Waals surface area (Å²) in [7, 11) is 2.01. The van der Waals surface area contributed by atoms with E-state index in [1.54, 1.807) is 0 Å². The molecule has 4 nitrogen and oxygen atoms in total. The monoisotopic (exact) mass is 262 g/mol. The first-order valence-corrected chi connectivity index (χ1v) is 6.50. The molecule has 0 aliphatic rings. The number of H-pyrrole nitrogens is 1. The SMILES string of the molecule is CCCn1c(N(C)c2ccccc2C)n[nH]c1=S. The summed E-state index contributed by atoms with van der Waals surface area (Å²) in [6.07, 6.45) is 1.03. The second-order valence-corrected chi connectivity index (χ2v) is 4.71. The number of aromatic nitrogens is 3. The summed E-state index contributed by atoms with van der Waals surface area (Å²) in [4.78, 5) is 2.07. The van der Waals surface area contributed by atoms with E-state index in [0.29, 0.717) is 4.77 Å². The lowest BCUT2D eigenvalue weighted by molar-refractivity contribution is 0.667. The van der Waals surface area contributed by atoms with Crippen molar-refractivity contribution in [3.63, 3.8) is 0 Å². The molecule has 1 aromatic heterocycles. The van der Waals surface area contributed by atoms with Crippen LogP contribution in [-0.4, -0.2) is 21.8 Å². The fraction of sp³-hybridized carbons (Fsp3) is 0.385. The molecule has 0 bridgehead atoms. The van der Waals surface area contributed by atoms with Gasteiger partial charge in [-0.3, -0.25) is 4.57 Å². The lowest BCUT2D eigenvalue weighted by atomic mass is 10.2. The van der Waals surface area contributed by atoms with E-state index in [9.17, 15) is 0 Å². The molecule has 0 unspecified atom stereocenters. The zero-order valence-corrected chi connectivity index (χ0v) is 11.8. The van der Waals surface area contributed by atoms with Gasteiger partial charge in [-0.2, -0.15) is 0 Å². The van der Waals surface area contributed by atoms with Crippen LogP contribution in [0.15, 0.2) is 24.3 Å². The smallest absolute Gasteiger partial charge is 0.229 e. The zero-order valence-electron chi connectivity index (χ0n) is 11.0. The Hall–Kier alpha value is -1.62. The molecule has 0 saturated heterocycles. The van der Waals surface area contributed by atoms with E-state index in [4.69, 9.17) is 12.2 Å². The number of rotatable bonds is 4. The van der Waals surface area contributed by atoms with Gasteiger partial charge in [-0.1, -0.05) is 25.1 Å². The average Bonchev–Trinajstić information content (AvgIpc) is 2.72. The van der Waals surface area contributed by atoms with Crippen LogP contribution in [0.2, 0.25) is 0 Å². The summed E-state index contributed by atoms with van der Waals surface area (Å²) in [5.74, 6) is 0.858. The van der Waals surface area contributed by atoms with Gasteiger partial charge in [0.25, 0.3) is 0 Å². The van der Waals surface area contributed by atoms with Crippen LogP contribution in [0, 0.1) is 11.7 Å². The topological polar surface area (TPSA) is 36.9 Å². The van der Waals surface area contributed by atoms with Crippen molar-refractivity contribution in [2.75, 3.05) is 11.9 Å². The second-order valence-electron chi connectivity index (χ2n) is 4.33. The number of anilines is 2. The molecule has 96 valence electrons. The number of benzene rings is 1. The van der Waals surface area contributed by atoms with Crippen LogP contribution in [-0.2, 0) is 6.54 Å². The molecule has 5 heteroatoms. The lowest BCUT2D eigenvalue weighted by Crippen LogP contribution is -2.16. The first-order valence-electron chi connectivity index (χ1n) is 6.09. The number of aryl methyl sites for hydroxylation is 1. The van der Waals surface area contributed by atoms with Gasteiger partial charge in [-0.25, -0.2) is 5.10 Å². The van der Waals surface area contributed by atoms with Crippen molar-refractivity contribution in [1.82, 2.24) is 14.8 Å². The first-order chi connectivity index (χ1) is 8.65. The van der Waals surface area contributed by atoms with Crippen molar-refractivity contribution in [2.45, 2.75) is 26.8 Å². The molecule has 0 spiro atoms. The molecule has 0 aliphatic carbocycles. The fourth-order valence-electron chi connectivity index (χ4n) is 2.04. The van der Waals surface area contributed by atoms with E-state index >= 15 is 0 Å². The summed E-state index contributed by atoms with van der Waals surface area (Å²) in [5, 5.41) is 7.19. The summed E-state index contributed by atoms with van der Waals surface area (Å²) in [5.41, 5.74) is 2.36. The molecular weight excluding hydrogens is 244 g/mol. The van der Waals surface area contributed by atoms with Crippen molar-refractivity contribution in [2.24, 2.45) is 0 Å². The average molecular weight is 262 g/mol. The van der Waals surface area contributed by atoms with Crippen molar-refractivity contribution >= 4 is 23.9 Å². The Labute approximate surface area is 112 Å². The third-order valence-corrected chi connectivity index (χ3v) is 3.27. The Morgan fingerprint density at radius 2 is 2.11 bits per heavy atom. The highest BCUT2D eigenvalue weighted by molar-refractivity contribution is 7.71. The molecule has 1 aromatic carbocycles. The van der Waals surface area contributed by atoms with Crippen LogP contribution in [0.1, 0.15) is 18.9 Å². The standard InChI is InChI=1S/C13H18N4S/c1-4-9-17-12(14-15-13(17)18)16(3)11-8-6-5-7-10(11)2/h5-8H,4,9H2,1-3H3,(H,15,18). The quantitative estimate of drug-likeness (QED) is 0.858. The van der Waals surface area contributed by atoms with Gasteiger partial charge >= 0.3 is 0 Å². The maximum Gasteiger partial charge on any atom is 0.229 e. The number of nitrogens with zero attached hydrogens (tertiary/aromatic N) is 3. The summed E-state index contributed by atoms with van der Waals surface area (Å²) >= 11 is 5.26. The third kappa shape index (κ3) is 2.31. The van der Waals surface area contributed by atoms with Crippen molar-refractivity contribution < 1.29 is 0 Å². The largest absolute Gasteiger partial charge is 0.313 e. The molecule has 0 radical (unpaired) electrons. The van der Waals surface area contributed by atoms with Crippen LogP contribution >= 0.6 is 12.2 Å².